The van der Waals surface area contributed by atoms with E-state index in [0.29, 0.717) is 11.4 Å². The Bertz CT molecular complexity index is 565. The molecule has 4 heteroatoms. The lowest BCUT2D eigenvalue weighted by atomic mass is 9.77. The molecule has 2 rings (SSSR count). The number of rotatable bonds is 5. The third kappa shape index (κ3) is 3.23. The summed E-state index contributed by atoms with van der Waals surface area (Å²) in [5, 5.41) is 20.4. The van der Waals surface area contributed by atoms with Gasteiger partial charge in [-0.25, -0.2) is 0 Å². The van der Waals surface area contributed by atoms with Gasteiger partial charge in [-0.2, -0.15) is 0 Å². The summed E-state index contributed by atoms with van der Waals surface area (Å²) in [6, 6.07) is 15.1. The summed E-state index contributed by atoms with van der Waals surface area (Å²) >= 11 is 9.38. The molecule has 2 N–H and O–H groups in total. The summed E-state index contributed by atoms with van der Waals surface area (Å²) in [6.07, 6.45) is 0.541. The van der Waals surface area contributed by atoms with E-state index in [9.17, 15) is 10.2 Å². The number of aliphatic hydroxyl groups is 2. The van der Waals surface area contributed by atoms with Gasteiger partial charge in [0.25, 0.3) is 0 Å². The Hall–Kier alpha value is -0.870. The van der Waals surface area contributed by atoms with Crippen molar-refractivity contribution in [3.8, 4) is 0 Å². The van der Waals surface area contributed by atoms with E-state index < -0.39 is 5.41 Å². The predicted molar refractivity (Wildman–Crippen MR) is 85.1 cm³/mol. The summed E-state index contributed by atoms with van der Waals surface area (Å²) in [5.74, 6) is 0. The van der Waals surface area contributed by atoms with Gasteiger partial charge in [-0.3, -0.25) is 0 Å². The first-order chi connectivity index (χ1) is 9.61. The molecule has 0 radical (unpaired) electrons. The van der Waals surface area contributed by atoms with Gasteiger partial charge in [0.2, 0.25) is 0 Å². The summed E-state index contributed by atoms with van der Waals surface area (Å²) in [7, 11) is 0. The predicted octanol–water partition coefficient (Wildman–Crippen LogP) is 3.57. The molecule has 0 aliphatic carbocycles. The molecule has 106 valence electrons. The largest absolute Gasteiger partial charge is 0.395 e. The van der Waals surface area contributed by atoms with Gasteiger partial charge in [-0.15, -0.1) is 0 Å². The highest BCUT2D eigenvalue weighted by Crippen LogP contribution is 2.33. The molecule has 0 unspecified atom stereocenters. The average Bonchev–Trinajstić information content (AvgIpc) is 2.48. The Kier molecular flexibility index (Phi) is 5.22. The van der Waals surface area contributed by atoms with Crippen LogP contribution in [-0.4, -0.2) is 23.4 Å². The Morgan fingerprint density at radius 1 is 0.950 bits per heavy atom. The van der Waals surface area contributed by atoms with Crippen molar-refractivity contribution in [1.29, 1.82) is 0 Å². The van der Waals surface area contributed by atoms with Crippen LogP contribution in [0.4, 0.5) is 0 Å². The van der Waals surface area contributed by atoms with Crippen LogP contribution >= 0.6 is 27.5 Å². The van der Waals surface area contributed by atoms with Crippen LogP contribution in [0.3, 0.4) is 0 Å². The number of benzene rings is 2. The molecule has 0 heterocycles. The van der Waals surface area contributed by atoms with Crippen LogP contribution < -0.4 is 0 Å². The van der Waals surface area contributed by atoms with Gasteiger partial charge in [0.15, 0.2) is 0 Å². The van der Waals surface area contributed by atoms with Crippen LogP contribution in [0.1, 0.15) is 11.1 Å². The Balaban J connectivity index is 2.39. The molecule has 0 saturated heterocycles. The van der Waals surface area contributed by atoms with E-state index in [1.54, 1.807) is 0 Å². The van der Waals surface area contributed by atoms with Gasteiger partial charge in [-0.05, 0) is 35.7 Å². The van der Waals surface area contributed by atoms with Crippen LogP contribution in [0.2, 0.25) is 5.02 Å². The number of halogens is 2. The minimum absolute atomic E-state index is 0.130. The van der Waals surface area contributed by atoms with E-state index in [0.717, 1.165) is 15.6 Å². The zero-order valence-corrected chi connectivity index (χ0v) is 13.2. The molecule has 0 fully saturated rings. The molecule has 0 aromatic heterocycles. The lowest BCUT2D eigenvalue weighted by Crippen LogP contribution is -2.37. The van der Waals surface area contributed by atoms with Gasteiger partial charge < -0.3 is 10.2 Å². The van der Waals surface area contributed by atoms with Crippen molar-refractivity contribution in [3.05, 3.63) is 69.2 Å². The highest BCUT2D eigenvalue weighted by atomic mass is 79.9. The van der Waals surface area contributed by atoms with Crippen LogP contribution in [-0.2, 0) is 11.8 Å². The second kappa shape index (κ2) is 6.72. The first kappa shape index (κ1) is 15.5. The molecule has 0 amide bonds. The normalized spacial score (nSPS) is 11.6. The fourth-order valence-electron chi connectivity index (χ4n) is 2.31. The zero-order valence-electron chi connectivity index (χ0n) is 10.9. The monoisotopic (exact) mass is 354 g/mol. The van der Waals surface area contributed by atoms with Crippen molar-refractivity contribution >= 4 is 27.5 Å². The molecule has 20 heavy (non-hydrogen) atoms. The Morgan fingerprint density at radius 2 is 1.55 bits per heavy atom. The van der Waals surface area contributed by atoms with E-state index in [1.807, 2.05) is 48.5 Å². The third-order valence-corrected chi connectivity index (χ3v) is 4.45. The summed E-state index contributed by atoms with van der Waals surface area (Å²) < 4.78 is 0.886. The number of hydrogen-bond acceptors (Lipinski definition) is 2. The van der Waals surface area contributed by atoms with Gasteiger partial charge in [0, 0.05) is 14.9 Å². The molecule has 0 saturated carbocycles. The summed E-state index contributed by atoms with van der Waals surface area (Å²) in [5.41, 5.74) is 1.21. The number of hydrogen-bond donors (Lipinski definition) is 2. The van der Waals surface area contributed by atoms with Crippen LogP contribution in [0.5, 0.6) is 0 Å². The van der Waals surface area contributed by atoms with Crippen molar-refractivity contribution in [2.24, 2.45) is 0 Å². The first-order valence-corrected chi connectivity index (χ1v) is 7.49. The second-order valence-corrected chi connectivity index (χ2v) is 6.17. The van der Waals surface area contributed by atoms with E-state index in [1.165, 1.54) is 0 Å². The van der Waals surface area contributed by atoms with Crippen molar-refractivity contribution in [2.75, 3.05) is 13.2 Å². The van der Waals surface area contributed by atoms with Crippen molar-refractivity contribution in [1.82, 2.24) is 0 Å². The fraction of sp³-hybridized carbons (Fsp3) is 0.250. The summed E-state index contributed by atoms with van der Waals surface area (Å²) in [4.78, 5) is 0. The van der Waals surface area contributed by atoms with Crippen molar-refractivity contribution in [3.63, 3.8) is 0 Å². The minimum atomic E-state index is -0.714. The number of aliphatic hydroxyl groups excluding tert-OH is 2. The van der Waals surface area contributed by atoms with Crippen LogP contribution in [0.25, 0.3) is 0 Å². The van der Waals surface area contributed by atoms with E-state index in [2.05, 4.69) is 15.9 Å². The topological polar surface area (TPSA) is 40.5 Å². The third-order valence-electron chi connectivity index (χ3n) is 3.51. The average molecular weight is 356 g/mol. The molecule has 2 aromatic carbocycles. The fourth-order valence-corrected chi connectivity index (χ4v) is 3.14. The van der Waals surface area contributed by atoms with Crippen LogP contribution in [0, 0.1) is 0 Å². The van der Waals surface area contributed by atoms with Gasteiger partial charge in [-0.1, -0.05) is 57.9 Å². The molecule has 2 nitrogen and oxygen atoms in total. The Morgan fingerprint density at radius 3 is 2.10 bits per heavy atom. The molecular formula is C16H16BrClO2. The molecule has 0 atom stereocenters. The Labute approximate surface area is 132 Å². The van der Waals surface area contributed by atoms with Crippen molar-refractivity contribution in [2.45, 2.75) is 11.8 Å². The lowest BCUT2D eigenvalue weighted by Gasteiger charge is -2.31. The quantitative estimate of drug-likeness (QED) is 0.861. The van der Waals surface area contributed by atoms with Crippen LogP contribution in [0.15, 0.2) is 53.0 Å². The van der Waals surface area contributed by atoms with Crippen molar-refractivity contribution < 1.29 is 10.2 Å². The van der Waals surface area contributed by atoms with Gasteiger partial charge >= 0.3 is 0 Å². The molecule has 0 bridgehead atoms. The molecule has 0 aliphatic rings. The maximum absolute atomic E-state index is 9.86. The second-order valence-electron chi connectivity index (χ2n) is 4.88. The molecule has 0 spiro atoms. The molecular weight excluding hydrogens is 340 g/mol. The highest BCUT2D eigenvalue weighted by Gasteiger charge is 2.33. The van der Waals surface area contributed by atoms with E-state index in [-0.39, 0.29) is 13.2 Å². The first-order valence-electron chi connectivity index (χ1n) is 6.32. The maximum Gasteiger partial charge on any atom is 0.0553 e. The molecule has 0 aliphatic heterocycles. The maximum atomic E-state index is 9.86. The van der Waals surface area contributed by atoms with Gasteiger partial charge in [0.1, 0.15) is 0 Å². The summed E-state index contributed by atoms with van der Waals surface area (Å²) in [6.45, 7) is -0.260. The SMILES string of the molecule is OCC(CO)(Cc1ccc(Cl)cc1)c1ccccc1Br. The lowest BCUT2D eigenvalue weighted by molar-refractivity contribution is 0.115. The smallest absolute Gasteiger partial charge is 0.0553 e. The van der Waals surface area contributed by atoms with E-state index in [4.69, 9.17) is 11.6 Å². The highest BCUT2D eigenvalue weighted by molar-refractivity contribution is 9.10. The zero-order chi connectivity index (χ0) is 14.6. The minimum Gasteiger partial charge on any atom is -0.395 e. The van der Waals surface area contributed by atoms with E-state index >= 15 is 0 Å². The molecule has 2 aromatic rings. The standard InChI is InChI=1S/C16H16BrClO2/c17-15-4-2-1-3-14(15)16(10-19,11-20)9-12-5-7-13(18)8-6-12/h1-8,19-20H,9-11H2. The van der Waals surface area contributed by atoms with Gasteiger partial charge in [0.05, 0.1) is 13.2 Å².